The molecule has 1 atom stereocenters. The Labute approximate surface area is 120 Å². The number of nitrogens with zero attached hydrogens (tertiary/aromatic N) is 2. The van der Waals surface area contributed by atoms with E-state index >= 15 is 0 Å². The fourth-order valence-electron chi connectivity index (χ4n) is 2.01. The molecule has 0 unspecified atom stereocenters. The zero-order valence-corrected chi connectivity index (χ0v) is 12.1. The molecule has 0 aliphatic rings. The first-order valence-corrected chi connectivity index (χ1v) is 6.63. The van der Waals surface area contributed by atoms with Crippen LogP contribution < -0.4 is 16.7 Å². The van der Waals surface area contributed by atoms with Gasteiger partial charge in [0.2, 0.25) is 5.95 Å². The number of benzene rings is 1. The highest BCUT2D eigenvalue weighted by Crippen LogP contribution is 2.16. The number of aromatic nitrogens is 3. The van der Waals surface area contributed by atoms with Gasteiger partial charge in [0.15, 0.2) is 0 Å². The molecule has 2 aromatic rings. The standard InChI is InChI=1S/C14H17FN4O2/c1-8(2)19-13(20)17-12(18-14(19)21)16-9(3)10-5-4-6-11(15)7-10/h4-9H,1-3H3,(H2,16,17,18,20,21)/t9-/m0/s1. The summed E-state index contributed by atoms with van der Waals surface area (Å²) >= 11 is 0. The molecule has 6 nitrogen and oxygen atoms in total. The third kappa shape index (κ3) is 3.36. The predicted octanol–water partition coefficient (Wildman–Crippen LogP) is 1.82. The molecule has 0 saturated carbocycles. The Morgan fingerprint density at radius 2 is 2.00 bits per heavy atom. The summed E-state index contributed by atoms with van der Waals surface area (Å²) in [6.07, 6.45) is 0. The summed E-state index contributed by atoms with van der Waals surface area (Å²) in [5.41, 5.74) is -0.465. The predicted molar refractivity (Wildman–Crippen MR) is 77.9 cm³/mol. The first-order chi connectivity index (χ1) is 9.88. The highest BCUT2D eigenvalue weighted by atomic mass is 19.1. The lowest BCUT2D eigenvalue weighted by Crippen LogP contribution is -2.39. The molecule has 7 heteroatoms. The summed E-state index contributed by atoms with van der Waals surface area (Å²) in [7, 11) is 0. The van der Waals surface area contributed by atoms with Crippen molar-refractivity contribution < 1.29 is 4.39 Å². The maximum Gasteiger partial charge on any atom is 0.355 e. The Balaban J connectivity index is 2.28. The van der Waals surface area contributed by atoms with Crippen LogP contribution in [0, 0.1) is 5.82 Å². The smallest absolute Gasteiger partial charge is 0.349 e. The van der Waals surface area contributed by atoms with Crippen molar-refractivity contribution in [2.24, 2.45) is 0 Å². The van der Waals surface area contributed by atoms with E-state index in [0.29, 0.717) is 5.56 Å². The summed E-state index contributed by atoms with van der Waals surface area (Å²) < 4.78 is 14.2. The largest absolute Gasteiger partial charge is 0.355 e. The topological polar surface area (TPSA) is 79.8 Å². The average molecular weight is 292 g/mol. The molecule has 0 saturated heterocycles. The van der Waals surface area contributed by atoms with Crippen LogP contribution in [0.15, 0.2) is 33.9 Å². The van der Waals surface area contributed by atoms with Crippen molar-refractivity contribution >= 4 is 5.95 Å². The minimum absolute atomic E-state index is 0.0682. The van der Waals surface area contributed by atoms with E-state index in [9.17, 15) is 14.0 Å². The van der Waals surface area contributed by atoms with Crippen LogP contribution in [0.25, 0.3) is 0 Å². The van der Waals surface area contributed by atoms with E-state index in [1.807, 2.05) is 0 Å². The summed E-state index contributed by atoms with van der Waals surface area (Å²) in [6, 6.07) is 5.48. The number of aromatic amines is 1. The van der Waals surface area contributed by atoms with Gasteiger partial charge in [0.25, 0.3) is 0 Å². The lowest BCUT2D eigenvalue weighted by Gasteiger charge is -2.15. The van der Waals surface area contributed by atoms with E-state index < -0.39 is 11.4 Å². The maximum atomic E-state index is 13.2. The number of hydrogen-bond acceptors (Lipinski definition) is 4. The van der Waals surface area contributed by atoms with Crippen LogP contribution in [-0.4, -0.2) is 14.5 Å². The molecule has 2 rings (SSSR count). The number of halogens is 1. The fraction of sp³-hybridized carbons (Fsp3) is 0.357. The second-order valence-electron chi connectivity index (χ2n) is 5.06. The van der Waals surface area contributed by atoms with E-state index in [2.05, 4.69) is 15.3 Å². The third-order valence-electron chi connectivity index (χ3n) is 3.08. The van der Waals surface area contributed by atoms with Crippen LogP contribution in [-0.2, 0) is 0 Å². The molecule has 1 aromatic heterocycles. The van der Waals surface area contributed by atoms with Gasteiger partial charge in [-0.1, -0.05) is 12.1 Å². The van der Waals surface area contributed by atoms with Crippen LogP contribution in [0.1, 0.15) is 38.4 Å². The van der Waals surface area contributed by atoms with Gasteiger partial charge in [-0.05, 0) is 38.5 Å². The van der Waals surface area contributed by atoms with Gasteiger partial charge in [-0.3, -0.25) is 4.98 Å². The Hall–Kier alpha value is -2.44. The monoisotopic (exact) mass is 292 g/mol. The molecule has 21 heavy (non-hydrogen) atoms. The molecule has 0 fully saturated rings. The van der Waals surface area contributed by atoms with Gasteiger partial charge in [-0.2, -0.15) is 4.98 Å². The van der Waals surface area contributed by atoms with Crippen molar-refractivity contribution in [3.05, 3.63) is 56.6 Å². The molecular formula is C14H17FN4O2. The molecule has 2 N–H and O–H groups in total. The number of hydrogen-bond donors (Lipinski definition) is 2. The minimum atomic E-state index is -0.623. The molecule has 0 spiro atoms. The van der Waals surface area contributed by atoms with Gasteiger partial charge in [0, 0.05) is 6.04 Å². The first kappa shape index (κ1) is 15.0. The highest BCUT2D eigenvalue weighted by molar-refractivity contribution is 5.30. The van der Waals surface area contributed by atoms with Crippen LogP contribution in [0.5, 0.6) is 0 Å². The third-order valence-corrected chi connectivity index (χ3v) is 3.08. The number of H-pyrrole nitrogens is 1. The van der Waals surface area contributed by atoms with Crippen molar-refractivity contribution in [2.75, 3.05) is 5.32 Å². The summed E-state index contributed by atoms with van der Waals surface area (Å²) in [5, 5.41) is 2.89. The van der Waals surface area contributed by atoms with Crippen molar-refractivity contribution in [3.63, 3.8) is 0 Å². The molecule has 112 valence electrons. The van der Waals surface area contributed by atoms with E-state index in [4.69, 9.17) is 0 Å². The molecule has 0 bridgehead atoms. The van der Waals surface area contributed by atoms with Gasteiger partial charge in [-0.15, -0.1) is 0 Å². The van der Waals surface area contributed by atoms with Gasteiger partial charge < -0.3 is 5.32 Å². The van der Waals surface area contributed by atoms with Crippen molar-refractivity contribution in [1.82, 2.24) is 14.5 Å². The van der Waals surface area contributed by atoms with Gasteiger partial charge in [0.05, 0.1) is 6.04 Å². The van der Waals surface area contributed by atoms with Crippen LogP contribution in [0.3, 0.4) is 0 Å². The SMILES string of the molecule is CC(C)n1c(=O)nc(N[C@@H](C)c2cccc(F)c2)[nH]c1=O. The second-order valence-corrected chi connectivity index (χ2v) is 5.06. The van der Waals surface area contributed by atoms with Gasteiger partial charge in [0.1, 0.15) is 5.82 Å². The molecule has 1 heterocycles. The Kier molecular flexibility index (Phi) is 4.21. The zero-order chi connectivity index (χ0) is 15.6. The van der Waals surface area contributed by atoms with Crippen LogP contribution >= 0.6 is 0 Å². The minimum Gasteiger partial charge on any atom is -0.349 e. The molecule has 1 aromatic carbocycles. The summed E-state index contributed by atoms with van der Waals surface area (Å²) in [5.74, 6) is -0.281. The average Bonchev–Trinajstić information content (AvgIpc) is 2.37. The van der Waals surface area contributed by atoms with E-state index in [-0.39, 0.29) is 23.8 Å². The summed E-state index contributed by atoms with van der Waals surface area (Å²) in [6.45, 7) is 5.23. The molecule has 0 aliphatic carbocycles. The van der Waals surface area contributed by atoms with Crippen molar-refractivity contribution in [1.29, 1.82) is 0 Å². The van der Waals surface area contributed by atoms with Crippen LogP contribution in [0.2, 0.25) is 0 Å². The normalized spacial score (nSPS) is 12.4. The van der Waals surface area contributed by atoms with E-state index in [1.54, 1.807) is 32.9 Å². The quantitative estimate of drug-likeness (QED) is 0.901. The first-order valence-electron chi connectivity index (χ1n) is 6.63. The van der Waals surface area contributed by atoms with Crippen molar-refractivity contribution in [2.45, 2.75) is 32.9 Å². The van der Waals surface area contributed by atoms with E-state index in [0.717, 1.165) is 4.57 Å². The molecule has 0 aliphatic heterocycles. The van der Waals surface area contributed by atoms with Gasteiger partial charge >= 0.3 is 11.4 Å². The number of rotatable bonds is 4. The van der Waals surface area contributed by atoms with Gasteiger partial charge in [-0.25, -0.2) is 18.5 Å². The maximum absolute atomic E-state index is 13.2. The Morgan fingerprint density at radius 1 is 1.29 bits per heavy atom. The van der Waals surface area contributed by atoms with E-state index in [1.165, 1.54) is 12.1 Å². The van der Waals surface area contributed by atoms with Crippen molar-refractivity contribution in [3.8, 4) is 0 Å². The number of anilines is 1. The number of nitrogens with one attached hydrogen (secondary N) is 2. The molecule has 0 radical (unpaired) electrons. The Bertz CT molecular complexity index is 720. The lowest BCUT2D eigenvalue weighted by molar-refractivity contribution is 0.529. The highest BCUT2D eigenvalue weighted by Gasteiger charge is 2.12. The fourth-order valence-corrected chi connectivity index (χ4v) is 2.01. The Morgan fingerprint density at radius 3 is 2.57 bits per heavy atom. The van der Waals surface area contributed by atoms with Crippen LogP contribution in [0.4, 0.5) is 10.3 Å². The second kappa shape index (κ2) is 5.90. The molecular weight excluding hydrogens is 275 g/mol. The zero-order valence-electron chi connectivity index (χ0n) is 12.1. The molecule has 0 amide bonds. The summed E-state index contributed by atoms with van der Waals surface area (Å²) in [4.78, 5) is 29.9. The lowest BCUT2D eigenvalue weighted by atomic mass is 10.1.